The molecule has 2 rings (SSSR count). The number of carbonyl (C=O) groups is 2. The lowest BCUT2D eigenvalue weighted by Gasteiger charge is -2.30. The zero-order valence-corrected chi connectivity index (χ0v) is 12.5. The van der Waals surface area contributed by atoms with E-state index in [-0.39, 0.29) is 0 Å². The lowest BCUT2D eigenvalue weighted by atomic mass is 10.0. The van der Waals surface area contributed by atoms with Gasteiger partial charge in [0.1, 0.15) is 0 Å². The minimum Gasteiger partial charge on any atom is -0.334 e. The monoisotopic (exact) mass is 294 g/mol. The van der Waals surface area contributed by atoms with Gasteiger partial charge in [-0.3, -0.25) is 9.59 Å². The molecular formula is C15H19ClN2O2. The van der Waals surface area contributed by atoms with E-state index in [0.717, 1.165) is 18.4 Å². The number of rotatable bonds is 1. The first-order valence-electron chi connectivity index (χ1n) is 6.84. The fourth-order valence-corrected chi connectivity index (χ4v) is 2.59. The molecule has 2 amide bonds. The van der Waals surface area contributed by atoms with Crippen LogP contribution in [0.1, 0.15) is 25.3 Å². The predicted molar refractivity (Wildman–Crippen MR) is 79.8 cm³/mol. The third-order valence-corrected chi connectivity index (χ3v) is 3.82. The molecule has 1 unspecified atom stereocenters. The Balaban J connectivity index is 2.04. The van der Waals surface area contributed by atoms with Crippen LogP contribution in [0.2, 0.25) is 5.02 Å². The van der Waals surface area contributed by atoms with Crippen LogP contribution in [0.3, 0.4) is 0 Å². The number of hydrogen-bond acceptors (Lipinski definition) is 2. The van der Waals surface area contributed by atoms with Gasteiger partial charge in [0.15, 0.2) is 0 Å². The third-order valence-electron chi connectivity index (χ3n) is 3.59. The Bertz CT molecular complexity index is 531. The lowest BCUT2D eigenvalue weighted by molar-refractivity contribution is -0.144. The minimum atomic E-state index is -0.593. The van der Waals surface area contributed by atoms with E-state index >= 15 is 0 Å². The fraction of sp³-hybridized carbons (Fsp3) is 0.467. The maximum absolute atomic E-state index is 12.1. The highest BCUT2D eigenvalue weighted by atomic mass is 35.5. The number of anilines is 1. The van der Waals surface area contributed by atoms with Gasteiger partial charge in [-0.15, -0.1) is 0 Å². The van der Waals surface area contributed by atoms with Crippen molar-refractivity contribution in [3.8, 4) is 0 Å². The second-order valence-electron chi connectivity index (χ2n) is 5.41. The Labute approximate surface area is 124 Å². The molecule has 4 nitrogen and oxygen atoms in total. The van der Waals surface area contributed by atoms with Crippen molar-refractivity contribution in [1.82, 2.24) is 4.90 Å². The van der Waals surface area contributed by atoms with Gasteiger partial charge in [0.25, 0.3) is 0 Å². The van der Waals surface area contributed by atoms with Gasteiger partial charge in [-0.25, -0.2) is 0 Å². The van der Waals surface area contributed by atoms with Crippen LogP contribution in [0.5, 0.6) is 0 Å². The van der Waals surface area contributed by atoms with Crippen LogP contribution < -0.4 is 5.32 Å². The van der Waals surface area contributed by atoms with Crippen LogP contribution >= 0.6 is 11.6 Å². The predicted octanol–water partition coefficient (Wildman–Crippen LogP) is 2.85. The Kier molecular flexibility index (Phi) is 4.65. The number of amides is 2. The number of likely N-dealkylation sites (tertiary alicyclic amines) is 1. The first-order valence-corrected chi connectivity index (χ1v) is 7.21. The topological polar surface area (TPSA) is 49.4 Å². The van der Waals surface area contributed by atoms with Crippen LogP contribution in [0, 0.1) is 12.8 Å². The van der Waals surface area contributed by atoms with E-state index in [1.54, 1.807) is 17.0 Å². The Morgan fingerprint density at radius 2 is 2.15 bits per heavy atom. The molecule has 5 heteroatoms. The highest BCUT2D eigenvalue weighted by Crippen LogP contribution is 2.21. The molecule has 0 saturated carbocycles. The average molecular weight is 295 g/mol. The quantitative estimate of drug-likeness (QED) is 0.810. The Hall–Kier alpha value is -1.55. The molecule has 1 heterocycles. The van der Waals surface area contributed by atoms with Crippen molar-refractivity contribution < 1.29 is 9.59 Å². The van der Waals surface area contributed by atoms with Crippen molar-refractivity contribution in [2.45, 2.75) is 26.7 Å². The molecule has 20 heavy (non-hydrogen) atoms. The third kappa shape index (κ3) is 3.51. The summed E-state index contributed by atoms with van der Waals surface area (Å²) >= 11 is 5.90. The standard InChI is InChI=1S/C15H19ClN2O2/c1-10-4-3-7-18(9-10)15(20)14(19)17-13-8-12(16)6-5-11(13)2/h5-6,8,10H,3-4,7,9H2,1-2H3,(H,17,19). The van der Waals surface area contributed by atoms with Crippen LogP contribution in [-0.2, 0) is 9.59 Å². The summed E-state index contributed by atoms with van der Waals surface area (Å²) in [4.78, 5) is 25.8. The zero-order chi connectivity index (χ0) is 14.7. The van der Waals surface area contributed by atoms with Crippen LogP contribution in [0.15, 0.2) is 18.2 Å². The second kappa shape index (κ2) is 6.27. The van der Waals surface area contributed by atoms with Crippen molar-refractivity contribution in [3.05, 3.63) is 28.8 Å². The molecule has 1 aliphatic rings. The van der Waals surface area contributed by atoms with Gasteiger partial charge in [-0.05, 0) is 43.4 Å². The van der Waals surface area contributed by atoms with Gasteiger partial charge >= 0.3 is 11.8 Å². The first kappa shape index (κ1) is 14.9. The van der Waals surface area contributed by atoms with E-state index in [1.165, 1.54) is 0 Å². The number of benzene rings is 1. The Morgan fingerprint density at radius 3 is 2.85 bits per heavy atom. The molecule has 0 aromatic heterocycles. The number of nitrogens with zero attached hydrogens (tertiary/aromatic N) is 1. The molecule has 1 atom stereocenters. The number of piperidine rings is 1. The minimum absolute atomic E-state index is 0.452. The smallest absolute Gasteiger partial charge is 0.313 e. The SMILES string of the molecule is Cc1ccc(Cl)cc1NC(=O)C(=O)N1CCCC(C)C1. The summed E-state index contributed by atoms with van der Waals surface area (Å²) < 4.78 is 0. The molecule has 1 aliphatic heterocycles. The first-order chi connectivity index (χ1) is 9.47. The lowest BCUT2D eigenvalue weighted by Crippen LogP contribution is -2.44. The van der Waals surface area contributed by atoms with Gasteiger partial charge in [-0.2, -0.15) is 0 Å². The van der Waals surface area contributed by atoms with Crippen molar-refractivity contribution in [1.29, 1.82) is 0 Å². The summed E-state index contributed by atoms with van der Waals surface area (Å²) in [6.07, 6.45) is 2.06. The van der Waals surface area contributed by atoms with Gasteiger partial charge in [-0.1, -0.05) is 24.6 Å². The highest BCUT2D eigenvalue weighted by molar-refractivity contribution is 6.39. The largest absolute Gasteiger partial charge is 0.334 e. The van der Waals surface area contributed by atoms with E-state index in [4.69, 9.17) is 11.6 Å². The molecule has 0 aliphatic carbocycles. The zero-order valence-electron chi connectivity index (χ0n) is 11.8. The van der Waals surface area contributed by atoms with Gasteiger partial charge in [0.2, 0.25) is 0 Å². The maximum atomic E-state index is 12.1. The van der Waals surface area contributed by atoms with E-state index in [1.807, 2.05) is 13.0 Å². The number of nitrogens with one attached hydrogen (secondary N) is 1. The summed E-state index contributed by atoms with van der Waals surface area (Å²) in [5.74, 6) is -0.603. The number of aryl methyl sites for hydroxylation is 1. The van der Waals surface area contributed by atoms with Crippen molar-refractivity contribution in [2.75, 3.05) is 18.4 Å². The normalized spacial score (nSPS) is 18.8. The van der Waals surface area contributed by atoms with E-state index in [2.05, 4.69) is 12.2 Å². The van der Waals surface area contributed by atoms with Gasteiger partial charge in [0, 0.05) is 23.8 Å². The number of halogens is 1. The molecule has 1 N–H and O–H groups in total. The number of hydrogen-bond donors (Lipinski definition) is 1. The highest BCUT2D eigenvalue weighted by Gasteiger charge is 2.26. The molecule has 1 aromatic carbocycles. The average Bonchev–Trinajstić information content (AvgIpc) is 2.42. The van der Waals surface area contributed by atoms with E-state index < -0.39 is 11.8 Å². The van der Waals surface area contributed by atoms with E-state index in [9.17, 15) is 9.59 Å². The number of carbonyl (C=O) groups excluding carboxylic acids is 2. The summed E-state index contributed by atoms with van der Waals surface area (Å²) in [6, 6.07) is 5.22. The van der Waals surface area contributed by atoms with Crippen molar-refractivity contribution in [3.63, 3.8) is 0 Å². The van der Waals surface area contributed by atoms with Gasteiger partial charge in [0.05, 0.1) is 0 Å². The van der Waals surface area contributed by atoms with E-state index in [0.29, 0.717) is 29.7 Å². The summed E-state index contributed by atoms with van der Waals surface area (Å²) in [5.41, 5.74) is 1.46. The maximum Gasteiger partial charge on any atom is 0.313 e. The van der Waals surface area contributed by atoms with Crippen LogP contribution in [0.4, 0.5) is 5.69 Å². The molecule has 0 radical (unpaired) electrons. The van der Waals surface area contributed by atoms with Crippen LogP contribution in [-0.4, -0.2) is 29.8 Å². The Morgan fingerprint density at radius 1 is 1.40 bits per heavy atom. The second-order valence-corrected chi connectivity index (χ2v) is 5.85. The molecule has 1 aromatic rings. The molecule has 0 bridgehead atoms. The van der Waals surface area contributed by atoms with Crippen molar-refractivity contribution in [2.24, 2.45) is 5.92 Å². The molecule has 0 spiro atoms. The summed E-state index contributed by atoms with van der Waals surface area (Å²) in [7, 11) is 0. The molecule has 108 valence electrons. The molecular weight excluding hydrogens is 276 g/mol. The molecule has 1 fully saturated rings. The fourth-order valence-electron chi connectivity index (χ4n) is 2.42. The molecule has 1 saturated heterocycles. The summed E-state index contributed by atoms with van der Waals surface area (Å²) in [5, 5.41) is 3.18. The van der Waals surface area contributed by atoms with Gasteiger partial charge < -0.3 is 10.2 Å². The summed E-state index contributed by atoms with van der Waals surface area (Å²) in [6.45, 7) is 5.27. The van der Waals surface area contributed by atoms with Crippen LogP contribution in [0.25, 0.3) is 0 Å². The van der Waals surface area contributed by atoms with Crippen molar-refractivity contribution >= 4 is 29.1 Å².